The van der Waals surface area contributed by atoms with Crippen LogP contribution in [0.15, 0.2) is 29.1 Å². The zero-order valence-corrected chi connectivity index (χ0v) is 18.4. The Kier molecular flexibility index (Phi) is 5.83. The van der Waals surface area contributed by atoms with E-state index in [9.17, 15) is 18.0 Å². The number of anilines is 2. The number of fused-ring (bicyclic) bond motifs is 1. The molecule has 174 valence electrons. The second-order valence-corrected chi connectivity index (χ2v) is 8.37. The summed E-state index contributed by atoms with van der Waals surface area (Å²) in [5.74, 6) is 1.18. The predicted molar refractivity (Wildman–Crippen MR) is 115 cm³/mol. The summed E-state index contributed by atoms with van der Waals surface area (Å²) in [4.78, 5) is 20.8. The lowest BCUT2D eigenvalue weighted by Gasteiger charge is -2.37. The molecule has 1 fully saturated rings. The molecular weight excluding hydrogens is 425 g/mol. The third-order valence-electron chi connectivity index (χ3n) is 6.36. The molecule has 1 atom stereocenters. The number of benzene rings is 1. The van der Waals surface area contributed by atoms with E-state index in [1.807, 2.05) is 17.0 Å². The molecule has 32 heavy (non-hydrogen) atoms. The fourth-order valence-corrected chi connectivity index (χ4v) is 4.30. The average Bonchev–Trinajstić information content (AvgIpc) is 3.08. The van der Waals surface area contributed by atoms with E-state index in [2.05, 4.69) is 4.98 Å². The first kappa shape index (κ1) is 22.4. The van der Waals surface area contributed by atoms with E-state index in [1.165, 1.54) is 9.47 Å². The molecule has 1 saturated heterocycles. The molecule has 3 heterocycles. The van der Waals surface area contributed by atoms with Gasteiger partial charge in [-0.1, -0.05) is 12.1 Å². The van der Waals surface area contributed by atoms with Crippen molar-refractivity contribution in [2.45, 2.75) is 38.5 Å². The van der Waals surface area contributed by atoms with Crippen LogP contribution in [0.5, 0.6) is 5.75 Å². The van der Waals surface area contributed by atoms with E-state index in [0.717, 1.165) is 12.5 Å². The topological polar surface area (TPSA) is 59.8 Å². The minimum Gasteiger partial charge on any atom is -0.497 e. The Morgan fingerprint density at radius 2 is 1.84 bits per heavy atom. The van der Waals surface area contributed by atoms with Crippen LogP contribution in [-0.4, -0.2) is 61.2 Å². The summed E-state index contributed by atoms with van der Waals surface area (Å²) in [6, 6.07) is 7.21. The van der Waals surface area contributed by atoms with Crippen LogP contribution in [0.4, 0.5) is 24.9 Å². The number of aromatic nitrogens is 2. The number of ether oxygens (including phenoxy) is 2. The highest BCUT2D eigenvalue weighted by atomic mass is 19.4. The number of halogens is 3. The summed E-state index contributed by atoms with van der Waals surface area (Å²) in [6.45, 7) is 4.41. The van der Waals surface area contributed by atoms with Crippen molar-refractivity contribution in [1.82, 2.24) is 9.55 Å². The van der Waals surface area contributed by atoms with Crippen molar-refractivity contribution in [3.8, 4) is 5.75 Å². The molecule has 1 aromatic heterocycles. The molecule has 2 aliphatic heterocycles. The van der Waals surface area contributed by atoms with Crippen LogP contribution in [-0.2, 0) is 17.7 Å². The Morgan fingerprint density at radius 3 is 2.44 bits per heavy atom. The van der Waals surface area contributed by atoms with Gasteiger partial charge in [-0.25, -0.2) is 0 Å². The summed E-state index contributed by atoms with van der Waals surface area (Å²) in [7, 11) is 1.56. The summed E-state index contributed by atoms with van der Waals surface area (Å²) in [6.07, 6.45) is -4.17. The number of alkyl halides is 3. The Bertz CT molecular complexity index is 1030. The third-order valence-corrected chi connectivity index (χ3v) is 6.36. The van der Waals surface area contributed by atoms with Crippen molar-refractivity contribution >= 4 is 11.8 Å². The van der Waals surface area contributed by atoms with Gasteiger partial charge in [0.2, 0.25) is 5.95 Å². The second-order valence-electron chi connectivity index (χ2n) is 8.37. The van der Waals surface area contributed by atoms with Gasteiger partial charge in [0, 0.05) is 19.6 Å². The van der Waals surface area contributed by atoms with Crippen molar-refractivity contribution in [3.63, 3.8) is 0 Å². The fraction of sp³-hybridized carbons (Fsp3) is 0.545. The maximum absolute atomic E-state index is 14.2. The van der Waals surface area contributed by atoms with Gasteiger partial charge in [0.05, 0.1) is 32.4 Å². The van der Waals surface area contributed by atoms with E-state index in [0.29, 0.717) is 49.9 Å². The minimum absolute atomic E-state index is 0.0652. The smallest absolute Gasteiger partial charge is 0.413 e. The van der Waals surface area contributed by atoms with Gasteiger partial charge in [0.1, 0.15) is 11.6 Å². The lowest BCUT2D eigenvalue weighted by Crippen LogP contribution is -2.56. The van der Waals surface area contributed by atoms with Crippen molar-refractivity contribution < 1.29 is 22.6 Å². The Balaban J connectivity index is 1.72. The van der Waals surface area contributed by atoms with Crippen LogP contribution in [0.25, 0.3) is 0 Å². The number of hydrogen-bond acceptors (Lipinski definition) is 6. The van der Waals surface area contributed by atoms with E-state index in [-0.39, 0.29) is 12.5 Å². The molecule has 0 spiro atoms. The summed E-state index contributed by atoms with van der Waals surface area (Å²) in [5.41, 5.74) is -1.43. The molecule has 2 aliphatic rings. The van der Waals surface area contributed by atoms with Crippen LogP contribution in [0.2, 0.25) is 0 Å². The Hall–Kier alpha value is -2.75. The van der Waals surface area contributed by atoms with Gasteiger partial charge in [-0.2, -0.15) is 18.2 Å². The van der Waals surface area contributed by atoms with Crippen LogP contribution in [0.3, 0.4) is 0 Å². The van der Waals surface area contributed by atoms with Crippen LogP contribution < -0.4 is 20.1 Å². The zero-order chi connectivity index (χ0) is 23.1. The molecule has 7 nitrogen and oxygen atoms in total. The molecule has 4 rings (SSSR count). The molecular formula is C22H27F3N4O3. The number of hydrogen-bond donors (Lipinski definition) is 0. The van der Waals surface area contributed by atoms with Crippen LogP contribution >= 0.6 is 0 Å². The molecule has 0 saturated carbocycles. The highest BCUT2D eigenvalue weighted by Crippen LogP contribution is 2.43. The first-order chi connectivity index (χ1) is 15.2. The standard InChI is InChI=1S/C22H27F3N4O3/c1-15-18(27-10-12-32-13-11-27)26-20-28(19(15)30)14-21(2,22(23,24)25)29(20)9-8-16-4-6-17(31-3)7-5-16/h4-7H,8-14H2,1-3H3/t21-/m1/s1. The summed E-state index contributed by atoms with van der Waals surface area (Å²) >= 11 is 0. The molecule has 0 unspecified atom stereocenters. The van der Waals surface area contributed by atoms with Gasteiger partial charge < -0.3 is 19.3 Å². The number of nitrogens with zero attached hydrogens (tertiary/aromatic N) is 4. The maximum Gasteiger partial charge on any atom is 0.413 e. The van der Waals surface area contributed by atoms with E-state index in [4.69, 9.17) is 9.47 Å². The lowest BCUT2D eigenvalue weighted by molar-refractivity contribution is -0.182. The highest BCUT2D eigenvalue weighted by Gasteiger charge is 2.59. The SMILES string of the molecule is COc1ccc(CCN2c3nc(N4CCOCC4)c(C)c(=O)n3C[C@]2(C)C(F)(F)F)cc1. The second kappa shape index (κ2) is 8.31. The average molecular weight is 452 g/mol. The molecule has 0 radical (unpaired) electrons. The maximum atomic E-state index is 14.2. The minimum atomic E-state index is -4.54. The van der Waals surface area contributed by atoms with Crippen molar-refractivity contribution in [2.24, 2.45) is 0 Å². The number of morpholine rings is 1. The number of rotatable bonds is 5. The molecule has 0 aliphatic carbocycles. The molecule has 0 amide bonds. The van der Waals surface area contributed by atoms with E-state index >= 15 is 0 Å². The highest BCUT2D eigenvalue weighted by molar-refractivity contribution is 5.54. The quantitative estimate of drug-likeness (QED) is 0.696. The number of methoxy groups -OCH3 is 1. The molecule has 2 aromatic rings. The van der Waals surface area contributed by atoms with Gasteiger partial charge in [0.25, 0.3) is 5.56 Å². The van der Waals surface area contributed by atoms with Gasteiger partial charge in [-0.15, -0.1) is 0 Å². The monoisotopic (exact) mass is 452 g/mol. The van der Waals surface area contributed by atoms with E-state index in [1.54, 1.807) is 26.2 Å². The Morgan fingerprint density at radius 1 is 1.19 bits per heavy atom. The van der Waals surface area contributed by atoms with Gasteiger partial charge in [-0.3, -0.25) is 9.36 Å². The first-order valence-corrected chi connectivity index (χ1v) is 10.6. The molecule has 10 heteroatoms. The largest absolute Gasteiger partial charge is 0.497 e. The van der Waals surface area contributed by atoms with Crippen molar-refractivity contribution in [1.29, 1.82) is 0 Å². The zero-order valence-electron chi connectivity index (χ0n) is 18.4. The normalized spacial score (nSPS) is 21.1. The molecule has 1 aromatic carbocycles. The fourth-order valence-electron chi connectivity index (χ4n) is 4.30. The van der Waals surface area contributed by atoms with Gasteiger partial charge in [0.15, 0.2) is 5.54 Å². The van der Waals surface area contributed by atoms with Crippen molar-refractivity contribution in [3.05, 3.63) is 45.7 Å². The van der Waals surface area contributed by atoms with Gasteiger partial charge in [-0.05, 0) is 38.0 Å². The predicted octanol–water partition coefficient (Wildman–Crippen LogP) is 2.78. The summed E-state index contributed by atoms with van der Waals surface area (Å²) in [5, 5.41) is 0. The molecule has 0 bridgehead atoms. The first-order valence-electron chi connectivity index (χ1n) is 10.6. The van der Waals surface area contributed by atoms with Gasteiger partial charge >= 0.3 is 6.18 Å². The van der Waals surface area contributed by atoms with E-state index < -0.39 is 23.8 Å². The lowest BCUT2D eigenvalue weighted by atomic mass is 10.00. The third kappa shape index (κ3) is 3.80. The molecule has 0 N–H and O–H groups in total. The summed E-state index contributed by atoms with van der Waals surface area (Å²) < 4.78 is 54.4. The van der Waals surface area contributed by atoms with Crippen LogP contribution in [0.1, 0.15) is 18.1 Å². The van der Waals surface area contributed by atoms with Crippen LogP contribution in [0, 0.1) is 6.92 Å². The van der Waals surface area contributed by atoms with Crippen molar-refractivity contribution in [2.75, 3.05) is 49.8 Å². The Labute approximate surface area is 184 Å².